The Morgan fingerprint density at radius 3 is 2.36 bits per heavy atom. The van der Waals surface area contributed by atoms with E-state index in [1.54, 1.807) is 21.3 Å². The van der Waals surface area contributed by atoms with Crippen LogP contribution in [0.2, 0.25) is 0 Å². The van der Waals surface area contributed by atoms with Crippen LogP contribution in [0, 0.1) is 5.92 Å². The molecule has 0 bridgehead atoms. The molecule has 1 heterocycles. The van der Waals surface area contributed by atoms with Crippen LogP contribution < -0.4 is 19.9 Å². The molecule has 2 unspecified atom stereocenters. The lowest BCUT2D eigenvalue weighted by atomic mass is 9.92. The Morgan fingerprint density at radius 2 is 1.77 bits per heavy atom. The molecule has 2 atom stereocenters. The Hall–Kier alpha value is -1.46. The SMILES string of the molecule is COc1cc(OC)c(OC)cc1CN1CCCC(C(C)N)C1. The first-order valence-corrected chi connectivity index (χ1v) is 7.85. The van der Waals surface area contributed by atoms with E-state index in [-0.39, 0.29) is 6.04 Å². The molecule has 0 radical (unpaired) electrons. The number of nitrogens with zero attached hydrogens (tertiary/aromatic N) is 1. The minimum absolute atomic E-state index is 0.245. The molecule has 5 heteroatoms. The Bertz CT molecular complexity index is 491. The van der Waals surface area contributed by atoms with Crippen LogP contribution in [0.3, 0.4) is 0 Å². The lowest BCUT2D eigenvalue weighted by molar-refractivity contribution is 0.153. The standard InChI is InChI=1S/C17H28N2O3/c1-12(18)13-6-5-7-19(10-13)11-14-8-16(21-3)17(22-4)9-15(14)20-2/h8-9,12-13H,5-7,10-11,18H2,1-4H3. The van der Waals surface area contributed by atoms with Gasteiger partial charge >= 0.3 is 0 Å². The van der Waals surface area contributed by atoms with Crippen molar-refractivity contribution >= 4 is 0 Å². The number of likely N-dealkylation sites (tertiary alicyclic amines) is 1. The molecule has 2 N–H and O–H groups in total. The molecule has 1 aliphatic rings. The fourth-order valence-electron chi connectivity index (χ4n) is 3.12. The van der Waals surface area contributed by atoms with Crippen molar-refractivity contribution in [3.63, 3.8) is 0 Å². The highest BCUT2D eigenvalue weighted by molar-refractivity contribution is 5.50. The van der Waals surface area contributed by atoms with E-state index in [1.807, 2.05) is 12.1 Å². The van der Waals surface area contributed by atoms with E-state index >= 15 is 0 Å². The van der Waals surface area contributed by atoms with Gasteiger partial charge in [0.05, 0.1) is 21.3 Å². The fraction of sp³-hybridized carbons (Fsp3) is 0.647. The first-order chi connectivity index (χ1) is 10.6. The van der Waals surface area contributed by atoms with Crippen molar-refractivity contribution in [3.05, 3.63) is 17.7 Å². The first kappa shape index (κ1) is 16.9. The van der Waals surface area contributed by atoms with Crippen molar-refractivity contribution in [3.8, 4) is 17.2 Å². The molecule has 22 heavy (non-hydrogen) atoms. The van der Waals surface area contributed by atoms with Crippen molar-refractivity contribution in [2.45, 2.75) is 32.4 Å². The average molecular weight is 308 g/mol. The minimum Gasteiger partial charge on any atom is -0.496 e. The van der Waals surface area contributed by atoms with Crippen LogP contribution in [0.1, 0.15) is 25.3 Å². The van der Waals surface area contributed by atoms with E-state index < -0.39 is 0 Å². The van der Waals surface area contributed by atoms with E-state index in [1.165, 1.54) is 12.8 Å². The third-order valence-electron chi connectivity index (χ3n) is 4.47. The molecule has 1 saturated heterocycles. The minimum atomic E-state index is 0.245. The second kappa shape index (κ2) is 7.70. The number of ether oxygens (including phenoxy) is 3. The van der Waals surface area contributed by atoms with Crippen molar-refractivity contribution in [1.29, 1.82) is 0 Å². The number of rotatable bonds is 6. The number of piperidine rings is 1. The second-order valence-electron chi connectivity index (χ2n) is 6.02. The maximum Gasteiger partial charge on any atom is 0.164 e. The molecule has 0 aliphatic carbocycles. The van der Waals surface area contributed by atoms with Gasteiger partial charge in [0.2, 0.25) is 0 Å². The number of nitrogens with two attached hydrogens (primary N) is 1. The Balaban J connectivity index is 2.17. The average Bonchev–Trinajstić information content (AvgIpc) is 2.54. The second-order valence-corrected chi connectivity index (χ2v) is 6.02. The summed E-state index contributed by atoms with van der Waals surface area (Å²) in [5, 5.41) is 0. The largest absolute Gasteiger partial charge is 0.496 e. The normalized spacial score (nSPS) is 20.5. The molecule has 5 nitrogen and oxygen atoms in total. The summed E-state index contributed by atoms with van der Waals surface area (Å²) >= 11 is 0. The van der Waals surface area contributed by atoms with Gasteiger partial charge < -0.3 is 19.9 Å². The van der Waals surface area contributed by atoms with Crippen LogP contribution in [0.25, 0.3) is 0 Å². The molecule has 1 aromatic rings. The predicted molar refractivity (Wildman–Crippen MR) is 87.7 cm³/mol. The van der Waals surface area contributed by atoms with Crippen LogP contribution in [0.4, 0.5) is 0 Å². The summed E-state index contributed by atoms with van der Waals surface area (Å²) in [7, 11) is 4.97. The van der Waals surface area contributed by atoms with Gasteiger partial charge in [-0.3, -0.25) is 4.90 Å². The van der Waals surface area contributed by atoms with Gasteiger partial charge in [0.15, 0.2) is 11.5 Å². The summed E-state index contributed by atoms with van der Waals surface area (Å²) in [6.45, 7) is 5.08. The van der Waals surface area contributed by atoms with Gasteiger partial charge in [-0.15, -0.1) is 0 Å². The molecular weight excluding hydrogens is 280 g/mol. The van der Waals surface area contributed by atoms with Gasteiger partial charge in [0.1, 0.15) is 5.75 Å². The topological polar surface area (TPSA) is 57.0 Å². The van der Waals surface area contributed by atoms with Gasteiger partial charge in [-0.2, -0.15) is 0 Å². The molecule has 0 amide bonds. The third-order valence-corrected chi connectivity index (χ3v) is 4.47. The molecule has 0 saturated carbocycles. The van der Waals surface area contributed by atoms with Crippen LogP contribution in [0.15, 0.2) is 12.1 Å². The summed E-state index contributed by atoms with van der Waals surface area (Å²) in [6.07, 6.45) is 2.42. The van der Waals surface area contributed by atoms with Gasteiger partial charge in [-0.05, 0) is 38.3 Å². The summed E-state index contributed by atoms with van der Waals surface area (Å²) in [5.74, 6) is 2.83. The zero-order valence-electron chi connectivity index (χ0n) is 14.1. The molecule has 2 rings (SSSR count). The van der Waals surface area contributed by atoms with Crippen molar-refractivity contribution in [2.75, 3.05) is 34.4 Å². The molecule has 124 valence electrons. The van der Waals surface area contributed by atoms with Crippen LogP contribution in [0.5, 0.6) is 17.2 Å². The lowest BCUT2D eigenvalue weighted by Gasteiger charge is -2.35. The summed E-state index contributed by atoms with van der Waals surface area (Å²) in [4.78, 5) is 2.45. The molecule has 1 aromatic carbocycles. The number of methoxy groups -OCH3 is 3. The Kier molecular flexibility index (Phi) is 5.91. The maximum absolute atomic E-state index is 6.07. The summed E-state index contributed by atoms with van der Waals surface area (Å²) in [6, 6.07) is 4.14. The maximum atomic E-state index is 6.07. The lowest BCUT2D eigenvalue weighted by Crippen LogP contribution is -2.41. The first-order valence-electron chi connectivity index (χ1n) is 7.85. The highest BCUT2D eigenvalue weighted by Crippen LogP contribution is 2.35. The van der Waals surface area contributed by atoms with E-state index in [0.29, 0.717) is 11.7 Å². The van der Waals surface area contributed by atoms with E-state index in [2.05, 4.69) is 11.8 Å². The molecule has 1 fully saturated rings. The summed E-state index contributed by atoms with van der Waals surface area (Å²) < 4.78 is 16.3. The molecule has 0 spiro atoms. The van der Waals surface area contributed by atoms with Gasteiger partial charge in [-0.25, -0.2) is 0 Å². The molecule has 0 aromatic heterocycles. The van der Waals surface area contributed by atoms with Gasteiger partial charge in [-0.1, -0.05) is 0 Å². The highest BCUT2D eigenvalue weighted by Gasteiger charge is 2.24. The number of benzene rings is 1. The smallest absolute Gasteiger partial charge is 0.164 e. The quantitative estimate of drug-likeness (QED) is 0.873. The van der Waals surface area contributed by atoms with Crippen molar-refractivity contribution in [2.24, 2.45) is 11.7 Å². The van der Waals surface area contributed by atoms with Gasteiger partial charge in [0.25, 0.3) is 0 Å². The highest BCUT2D eigenvalue weighted by atomic mass is 16.5. The number of hydrogen-bond acceptors (Lipinski definition) is 5. The Labute approximate surface area is 133 Å². The fourth-order valence-corrected chi connectivity index (χ4v) is 3.12. The predicted octanol–water partition coefficient (Wildman–Crippen LogP) is 2.27. The van der Waals surface area contributed by atoms with Crippen LogP contribution in [-0.4, -0.2) is 45.4 Å². The third kappa shape index (κ3) is 3.84. The van der Waals surface area contributed by atoms with E-state index in [9.17, 15) is 0 Å². The Morgan fingerprint density at radius 1 is 1.14 bits per heavy atom. The zero-order valence-corrected chi connectivity index (χ0v) is 14.1. The van der Waals surface area contributed by atoms with Crippen LogP contribution in [-0.2, 0) is 6.54 Å². The van der Waals surface area contributed by atoms with Crippen molar-refractivity contribution in [1.82, 2.24) is 4.90 Å². The molecular formula is C17H28N2O3. The monoisotopic (exact) mass is 308 g/mol. The van der Waals surface area contributed by atoms with Crippen molar-refractivity contribution < 1.29 is 14.2 Å². The van der Waals surface area contributed by atoms with E-state index in [4.69, 9.17) is 19.9 Å². The summed E-state index contributed by atoms with van der Waals surface area (Å²) in [5.41, 5.74) is 7.19. The van der Waals surface area contributed by atoms with E-state index in [0.717, 1.165) is 36.7 Å². The van der Waals surface area contributed by atoms with Gasteiger partial charge in [0, 0.05) is 30.8 Å². The number of hydrogen-bond donors (Lipinski definition) is 1. The molecule has 1 aliphatic heterocycles. The zero-order chi connectivity index (χ0) is 16.1. The van der Waals surface area contributed by atoms with Crippen LogP contribution >= 0.6 is 0 Å².